The number of nitrogens with zero attached hydrogens (tertiary/aromatic N) is 1. The number of para-hydroxylation sites is 2. The monoisotopic (exact) mass is 370 g/mol. The smallest absolute Gasteiger partial charge is 0.409 e. The van der Waals surface area contributed by atoms with Crippen LogP contribution in [-0.2, 0) is 11.3 Å². The summed E-state index contributed by atoms with van der Waals surface area (Å²) in [5.74, 6) is -0.312. The number of aromatic hydroxyl groups is 1. The fraction of sp³-hybridized carbons (Fsp3) is 0.333. The van der Waals surface area contributed by atoms with Crippen LogP contribution in [0.4, 0.5) is 10.5 Å². The number of rotatable bonds is 8. The van der Waals surface area contributed by atoms with Gasteiger partial charge in [0.1, 0.15) is 12.4 Å². The molecule has 0 aromatic heterocycles. The number of nitrogens with one attached hydrogen (secondary N) is 1. The molecule has 0 unspecified atom stereocenters. The molecule has 0 bridgehead atoms. The number of amides is 2. The number of phenols is 1. The third kappa shape index (κ3) is 6.33. The van der Waals surface area contributed by atoms with Crippen molar-refractivity contribution in [3.05, 3.63) is 59.7 Å². The molecule has 27 heavy (non-hydrogen) atoms. The maximum Gasteiger partial charge on any atom is 0.409 e. The van der Waals surface area contributed by atoms with Gasteiger partial charge in [0.25, 0.3) is 5.91 Å². The van der Waals surface area contributed by atoms with Gasteiger partial charge >= 0.3 is 6.09 Å². The predicted molar refractivity (Wildman–Crippen MR) is 105 cm³/mol. The first kappa shape index (κ1) is 20.3. The average molecular weight is 370 g/mol. The van der Waals surface area contributed by atoms with Gasteiger partial charge in [-0.05, 0) is 36.2 Å². The lowest BCUT2D eigenvalue weighted by molar-refractivity contribution is 0.102. The van der Waals surface area contributed by atoms with E-state index in [4.69, 9.17) is 4.74 Å². The van der Waals surface area contributed by atoms with Gasteiger partial charge in [0, 0.05) is 19.2 Å². The van der Waals surface area contributed by atoms with E-state index in [-0.39, 0.29) is 24.4 Å². The molecule has 2 rings (SSSR count). The molecule has 2 aromatic rings. The molecule has 2 amide bonds. The van der Waals surface area contributed by atoms with Crippen molar-refractivity contribution in [1.29, 1.82) is 0 Å². The molecular weight excluding hydrogens is 344 g/mol. The molecule has 6 heteroatoms. The van der Waals surface area contributed by atoms with Crippen LogP contribution >= 0.6 is 0 Å². The Morgan fingerprint density at radius 1 is 1.07 bits per heavy atom. The summed E-state index contributed by atoms with van der Waals surface area (Å²) >= 11 is 0. The minimum atomic E-state index is -0.354. The van der Waals surface area contributed by atoms with E-state index in [9.17, 15) is 14.7 Å². The Labute approximate surface area is 159 Å². The van der Waals surface area contributed by atoms with Crippen LogP contribution < -0.4 is 5.32 Å². The van der Waals surface area contributed by atoms with Crippen LogP contribution in [0.5, 0.6) is 5.75 Å². The normalized spacial score (nSPS) is 10.3. The van der Waals surface area contributed by atoms with Gasteiger partial charge in [-0.3, -0.25) is 4.79 Å². The first-order valence-electron chi connectivity index (χ1n) is 9.07. The van der Waals surface area contributed by atoms with Gasteiger partial charge in [0.05, 0.1) is 5.69 Å². The van der Waals surface area contributed by atoms with Gasteiger partial charge in [-0.15, -0.1) is 0 Å². The van der Waals surface area contributed by atoms with Crippen LogP contribution in [0.25, 0.3) is 0 Å². The molecule has 6 nitrogen and oxygen atoms in total. The highest BCUT2D eigenvalue weighted by Gasteiger charge is 2.11. The van der Waals surface area contributed by atoms with Crippen molar-refractivity contribution in [2.24, 2.45) is 0 Å². The summed E-state index contributed by atoms with van der Waals surface area (Å²) in [6, 6.07) is 13.3. The summed E-state index contributed by atoms with van der Waals surface area (Å²) in [5, 5.41) is 12.4. The topological polar surface area (TPSA) is 78.9 Å². The highest BCUT2D eigenvalue weighted by Crippen LogP contribution is 2.22. The molecule has 0 aliphatic rings. The fourth-order valence-electron chi connectivity index (χ4n) is 2.47. The minimum Gasteiger partial charge on any atom is -0.506 e. The van der Waals surface area contributed by atoms with E-state index in [2.05, 4.69) is 12.2 Å². The van der Waals surface area contributed by atoms with E-state index < -0.39 is 0 Å². The second kappa shape index (κ2) is 10.2. The SMILES string of the molecule is CCCCCN(C)C(=O)OCc1ccc(C(=O)Nc2ccccc2O)cc1. The molecule has 0 saturated carbocycles. The van der Waals surface area contributed by atoms with Gasteiger partial charge in [-0.25, -0.2) is 4.79 Å². The predicted octanol–water partition coefficient (Wildman–Crippen LogP) is 4.40. The van der Waals surface area contributed by atoms with Crippen LogP contribution in [0.3, 0.4) is 0 Å². The van der Waals surface area contributed by atoms with Gasteiger partial charge in [-0.1, -0.05) is 44.0 Å². The van der Waals surface area contributed by atoms with Crippen molar-refractivity contribution in [3.63, 3.8) is 0 Å². The van der Waals surface area contributed by atoms with Crippen molar-refractivity contribution in [2.75, 3.05) is 18.9 Å². The summed E-state index contributed by atoms with van der Waals surface area (Å²) in [6.07, 6.45) is 2.80. The van der Waals surface area contributed by atoms with Crippen molar-refractivity contribution < 1.29 is 19.4 Å². The molecule has 0 spiro atoms. The van der Waals surface area contributed by atoms with Crippen molar-refractivity contribution in [3.8, 4) is 5.75 Å². The molecule has 144 valence electrons. The molecule has 0 heterocycles. The Balaban J connectivity index is 1.85. The third-order valence-electron chi connectivity index (χ3n) is 4.14. The maximum atomic E-state index is 12.2. The zero-order valence-electron chi connectivity index (χ0n) is 15.8. The van der Waals surface area contributed by atoms with Crippen LogP contribution in [0.2, 0.25) is 0 Å². The number of unbranched alkanes of at least 4 members (excludes halogenated alkanes) is 2. The maximum absolute atomic E-state index is 12.2. The minimum absolute atomic E-state index is 0.0115. The quantitative estimate of drug-likeness (QED) is 0.533. The van der Waals surface area contributed by atoms with E-state index in [0.717, 1.165) is 24.8 Å². The zero-order chi connectivity index (χ0) is 19.6. The molecule has 0 aliphatic heterocycles. The Morgan fingerprint density at radius 3 is 2.44 bits per heavy atom. The van der Waals surface area contributed by atoms with Gasteiger partial charge < -0.3 is 20.1 Å². The molecule has 0 atom stereocenters. The first-order valence-corrected chi connectivity index (χ1v) is 9.07. The lowest BCUT2D eigenvalue weighted by Gasteiger charge is -2.16. The highest BCUT2D eigenvalue weighted by molar-refractivity contribution is 6.04. The molecule has 0 radical (unpaired) electrons. The zero-order valence-corrected chi connectivity index (χ0v) is 15.8. The number of hydrogen-bond acceptors (Lipinski definition) is 4. The summed E-state index contributed by atoms with van der Waals surface area (Å²) < 4.78 is 5.29. The van der Waals surface area contributed by atoms with Crippen LogP contribution in [0.15, 0.2) is 48.5 Å². The van der Waals surface area contributed by atoms with E-state index >= 15 is 0 Å². The Morgan fingerprint density at radius 2 is 1.78 bits per heavy atom. The molecule has 0 fully saturated rings. The molecule has 2 aromatic carbocycles. The third-order valence-corrected chi connectivity index (χ3v) is 4.14. The largest absolute Gasteiger partial charge is 0.506 e. The fourth-order valence-corrected chi connectivity index (χ4v) is 2.47. The lowest BCUT2D eigenvalue weighted by Crippen LogP contribution is -2.28. The number of hydrogen-bond donors (Lipinski definition) is 2. The van der Waals surface area contributed by atoms with E-state index in [0.29, 0.717) is 17.8 Å². The number of benzene rings is 2. The first-order chi connectivity index (χ1) is 13.0. The van der Waals surface area contributed by atoms with Gasteiger partial charge in [-0.2, -0.15) is 0 Å². The average Bonchev–Trinajstić information content (AvgIpc) is 2.68. The number of carbonyl (C=O) groups excluding carboxylic acids is 2. The van der Waals surface area contributed by atoms with E-state index in [1.807, 2.05) is 0 Å². The van der Waals surface area contributed by atoms with Crippen molar-refractivity contribution in [2.45, 2.75) is 32.8 Å². The van der Waals surface area contributed by atoms with Gasteiger partial charge in [0.2, 0.25) is 0 Å². The van der Waals surface area contributed by atoms with E-state index in [1.165, 1.54) is 6.07 Å². The second-order valence-corrected chi connectivity index (χ2v) is 6.35. The Hall–Kier alpha value is -3.02. The van der Waals surface area contributed by atoms with Crippen molar-refractivity contribution in [1.82, 2.24) is 4.90 Å². The Kier molecular flexibility index (Phi) is 7.67. The molecule has 2 N–H and O–H groups in total. The lowest BCUT2D eigenvalue weighted by atomic mass is 10.1. The summed E-state index contributed by atoms with van der Waals surface area (Å²) in [4.78, 5) is 25.8. The summed E-state index contributed by atoms with van der Waals surface area (Å²) in [7, 11) is 1.73. The number of anilines is 1. The van der Waals surface area contributed by atoms with E-state index in [1.54, 1.807) is 54.4 Å². The number of phenolic OH excluding ortho intramolecular Hbond substituents is 1. The van der Waals surface area contributed by atoms with Gasteiger partial charge in [0.15, 0.2) is 0 Å². The van der Waals surface area contributed by atoms with Crippen molar-refractivity contribution >= 4 is 17.7 Å². The Bertz CT molecular complexity index is 759. The number of carbonyl (C=O) groups is 2. The second-order valence-electron chi connectivity index (χ2n) is 6.35. The summed E-state index contributed by atoms with van der Waals surface area (Å²) in [5.41, 5.74) is 1.60. The molecule has 0 aliphatic carbocycles. The standard InChI is InChI=1S/C21H26N2O4/c1-3-4-7-14-23(2)21(26)27-15-16-10-12-17(13-11-16)20(25)22-18-8-5-6-9-19(18)24/h5-6,8-13,24H,3-4,7,14-15H2,1-2H3,(H,22,25). The number of ether oxygens (including phenoxy) is 1. The molecular formula is C21H26N2O4. The van der Waals surface area contributed by atoms with Crippen LogP contribution in [0.1, 0.15) is 42.1 Å². The summed E-state index contributed by atoms with van der Waals surface area (Å²) in [6.45, 7) is 2.95. The van der Waals surface area contributed by atoms with Crippen LogP contribution in [0, 0.1) is 0 Å². The highest BCUT2D eigenvalue weighted by atomic mass is 16.6. The molecule has 0 saturated heterocycles. The van der Waals surface area contributed by atoms with Crippen LogP contribution in [-0.4, -0.2) is 35.6 Å².